The highest BCUT2D eigenvalue weighted by Gasteiger charge is 2.20. The van der Waals surface area contributed by atoms with Crippen molar-refractivity contribution in [2.45, 2.75) is 32.3 Å². The van der Waals surface area contributed by atoms with Gasteiger partial charge in [0.05, 0.1) is 12.4 Å². The molecule has 2 rings (SSSR count). The minimum absolute atomic E-state index is 0.240. The Bertz CT molecular complexity index is 605. The predicted octanol–water partition coefficient (Wildman–Crippen LogP) is 3.05. The van der Waals surface area contributed by atoms with Crippen molar-refractivity contribution >= 4 is 15.7 Å². The van der Waals surface area contributed by atoms with Gasteiger partial charge in [-0.05, 0) is 55.0 Å². The summed E-state index contributed by atoms with van der Waals surface area (Å²) in [6, 6.07) is 4.73. The number of benzene rings is 1. The van der Waals surface area contributed by atoms with Crippen LogP contribution >= 0.6 is 0 Å². The summed E-state index contributed by atoms with van der Waals surface area (Å²) < 4.78 is 40.2. The van der Waals surface area contributed by atoms with E-state index in [4.69, 9.17) is 4.18 Å². The Balaban J connectivity index is 2.12. The van der Waals surface area contributed by atoms with E-state index < -0.39 is 10.1 Å². The summed E-state index contributed by atoms with van der Waals surface area (Å²) in [5.41, 5.74) is 3.05. The van der Waals surface area contributed by atoms with Gasteiger partial charge in [0.2, 0.25) is 0 Å². The van der Waals surface area contributed by atoms with Gasteiger partial charge in [-0.25, -0.2) is 4.39 Å². The molecule has 1 aromatic rings. The molecule has 1 aliphatic rings. The molecule has 0 N–H and O–H groups in total. The molecule has 0 amide bonds. The number of allylic oxidation sites excluding steroid dienone is 1. The first kappa shape index (κ1) is 14.2. The molecule has 3 nitrogen and oxygen atoms in total. The van der Waals surface area contributed by atoms with Crippen molar-refractivity contribution in [3.63, 3.8) is 0 Å². The number of hydrogen-bond acceptors (Lipinski definition) is 3. The molecule has 1 atom stereocenters. The first-order valence-corrected chi connectivity index (χ1v) is 8.00. The van der Waals surface area contributed by atoms with E-state index in [9.17, 15) is 12.8 Å². The van der Waals surface area contributed by atoms with E-state index in [2.05, 4.69) is 0 Å². The SMILES string of the molecule is Cc1cc(F)ccc1C1=CC[C@@H](OS(C)(=O)=O)CC1. The van der Waals surface area contributed by atoms with Gasteiger partial charge in [-0.15, -0.1) is 0 Å². The summed E-state index contributed by atoms with van der Waals surface area (Å²) in [6.45, 7) is 1.87. The van der Waals surface area contributed by atoms with Gasteiger partial charge in [0.25, 0.3) is 10.1 Å². The zero-order valence-electron chi connectivity index (χ0n) is 11.0. The highest BCUT2D eigenvalue weighted by molar-refractivity contribution is 7.86. The second-order valence-electron chi connectivity index (χ2n) is 4.89. The average Bonchev–Trinajstić information content (AvgIpc) is 2.28. The second kappa shape index (κ2) is 5.43. The highest BCUT2D eigenvalue weighted by atomic mass is 32.2. The third-order valence-corrected chi connectivity index (χ3v) is 3.83. The number of halogens is 1. The Labute approximate surface area is 113 Å². The van der Waals surface area contributed by atoms with Crippen molar-refractivity contribution in [2.75, 3.05) is 6.26 Å². The van der Waals surface area contributed by atoms with Gasteiger partial charge in [0, 0.05) is 0 Å². The number of rotatable bonds is 3. The molecule has 104 valence electrons. The van der Waals surface area contributed by atoms with E-state index >= 15 is 0 Å². The molecule has 1 aliphatic carbocycles. The van der Waals surface area contributed by atoms with E-state index in [1.165, 1.54) is 12.1 Å². The van der Waals surface area contributed by atoms with Gasteiger partial charge in [0.1, 0.15) is 5.82 Å². The molecule has 1 aromatic carbocycles. The van der Waals surface area contributed by atoms with Crippen LogP contribution in [0.4, 0.5) is 4.39 Å². The van der Waals surface area contributed by atoms with Crippen molar-refractivity contribution in [3.05, 3.63) is 41.2 Å². The van der Waals surface area contributed by atoms with Crippen LogP contribution in [0.3, 0.4) is 0 Å². The van der Waals surface area contributed by atoms with Crippen LogP contribution in [0.2, 0.25) is 0 Å². The van der Waals surface area contributed by atoms with E-state index in [0.717, 1.165) is 29.4 Å². The monoisotopic (exact) mass is 284 g/mol. The van der Waals surface area contributed by atoms with Crippen molar-refractivity contribution in [2.24, 2.45) is 0 Å². The molecule has 0 radical (unpaired) electrons. The molecule has 0 aliphatic heterocycles. The van der Waals surface area contributed by atoms with Gasteiger partial charge in [-0.1, -0.05) is 12.1 Å². The smallest absolute Gasteiger partial charge is 0.264 e. The fourth-order valence-corrected chi connectivity index (χ4v) is 3.05. The number of aryl methyl sites for hydroxylation is 1. The lowest BCUT2D eigenvalue weighted by Crippen LogP contribution is -2.19. The minimum Gasteiger partial charge on any atom is -0.267 e. The van der Waals surface area contributed by atoms with Gasteiger partial charge in [0.15, 0.2) is 0 Å². The fraction of sp³-hybridized carbons (Fsp3) is 0.429. The zero-order valence-corrected chi connectivity index (χ0v) is 11.8. The summed E-state index contributed by atoms with van der Waals surface area (Å²) in [5.74, 6) is -0.240. The molecule has 0 heterocycles. The summed E-state index contributed by atoms with van der Waals surface area (Å²) >= 11 is 0. The molecular formula is C14H17FO3S. The van der Waals surface area contributed by atoms with Crippen LogP contribution in [-0.4, -0.2) is 20.8 Å². The van der Waals surface area contributed by atoms with E-state index in [0.29, 0.717) is 12.8 Å². The largest absolute Gasteiger partial charge is 0.267 e. The van der Waals surface area contributed by atoms with Gasteiger partial charge >= 0.3 is 0 Å². The maximum atomic E-state index is 13.1. The standard InChI is InChI=1S/C14H17FO3S/c1-10-9-12(15)5-8-14(10)11-3-6-13(7-4-11)18-19(2,16)17/h3,5,8-9,13H,4,6-7H2,1-2H3/t13-/m1/s1. The lowest BCUT2D eigenvalue weighted by atomic mass is 9.90. The van der Waals surface area contributed by atoms with E-state index in [1.807, 2.05) is 13.0 Å². The van der Waals surface area contributed by atoms with Crippen molar-refractivity contribution in [1.82, 2.24) is 0 Å². The second-order valence-corrected chi connectivity index (χ2v) is 6.49. The van der Waals surface area contributed by atoms with Gasteiger partial charge in [-0.3, -0.25) is 4.18 Å². The van der Waals surface area contributed by atoms with Crippen molar-refractivity contribution in [3.8, 4) is 0 Å². The quantitative estimate of drug-likeness (QED) is 0.801. The van der Waals surface area contributed by atoms with Crippen molar-refractivity contribution in [1.29, 1.82) is 0 Å². The molecule has 0 spiro atoms. The van der Waals surface area contributed by atoms with Crippen LogP contribution in [0.1, 0.15) is 30.4 Å². The average molecular weight is 284 g/mol. The topological polar surface area (TPSA) is 43.4 Å². The Morgan fingerprint density at radius 3 is 2.63 bits per heavy atom. The fourth-order valence-electron chi connectivity index (χ4n) is 2.38. The van der Waals surface area contributed by atoms with Crippen molar-refractivity contribution < 1.29 is 17.0 Å². The lowest BCUT2D eigenvalue weighted by molar-refractivity contribution is 0.202. The van der Waals surface area contributed by atoms with E-state index in [1.54, 1.807) is 6.07 Å². The zero-order chi connectivity index (χ0) is 14.0. The van der Waals surface area contributed by atoms with Crippen LogP contribution in [0.25, 0.3) is 5.57 Å². The molecule has 0 unspecified atom stereocenters. The van der Waals surface area contributed by atoms with E-state index in [-0.39, 0.29) is 11.9 Å². The summed E-state index contributed by atoms with van der Waals surface area (Å²) in [5, 5.41) is 0. The van der Waals surface area contributed by atoms with Crippen LogP contribution in [-0.2, 0) is 14.3 Å². The van der Waals surface area contributed by atoms with Crippen LogP contribution in [0, 0.1) is 12.7 Å². The summed E-state index contributed by atoms with van der Waals surface area (Å²) in [6.07, 6.45) is 4.75. The Morgan fingerprint density at radius 1 is 1.37 bits per heavy atom. The Hall–Kier alpha value is -1.20. The molecule has 0 saturated carbocycles. The summed E-state index contributed by atoms with van der Waals surface area (Å²) in [4.78, 5) is 0. The predicted molar refractivity (Wildman–Crippen MR) is 72.7 cm³/mol. The molecule has 0 saturated heterocycles. The first-order chi connectivity index (χ1) is 8.85. The Morgan fingerprint density at radius 2 is 2.11 bits per heavy atom. The molecule has 0 aromatic heterocycles. The van der Waals surface area contributed by atoms with Gasteiger partial charge < -0.3 is 0 Å². The first-order valence-electron chi connectivity index (χ1n) is 6.19. The minimum atomic E-state index is -3.40. The van der Waals surface area contributed by atoms with Crippen LogP contribution in [0.5, 0.6) is 0 Å². The van der Waals surface area contributed by atoms with Crippen LogP contribution in [0.15, 0.2) is 24.3 Å². The molecule has 0 fully saturated rings. The molecule has 0 bridgehead atoms. The third kappa shape index (κ3) is 3.88. The maximum Gasteiger partial charge on any atom is 0.264 e. The third-order valence-electron chi connectivity index (χ3n) is 3.21. The molecule has 5 heteroatoms. The normalized spacial score (nSPS) is 20.2. The number of hydrogen-bond donors (Lipinski definition) is 0. The molecular weight excluding hydrogens is 267 g/mol. The summed E-state index contributed by atoms with van der Waals surface area (Å²) in [7, 11) is -3.40. The Kier molecular flexibility index (Phi) is 4.06. The lowest BCUT2D eigenvalue weighted by Gasteiger charge is -2.22. The van der Waals surface area contributed by atoms with Gasteiger partial charge in [-0.2, -0.15) is 8.42 Å². The van der Waals surface area contributed by atoms with Crippen LogP contribution < -0.4 is 0 Å². The highest BCUT2D eigenvalue weighted by Crippen LogP contribution is 2.30. The maximum absolute atomic E-state index is 13.1. The molecule has 19 heavy (non-hydrogen) atoms.